The summed E-state index contributed by atoms with van der Waals surface area (Å²) in [5.41, 5.74) is 6.15. The van der Waals surface area contributed by atoms with Gasteiger partial charge in [-0.3, -0.25) is 0 Å². The van der Waals surface area contributed by atoms with Crippen LogP contribution in [0.15, 0.2) is 0 Å². The Morgan fingerprint density at radius 3 is 2.56 bits per heavy atom. The zero-order chi connectivity index (χ0) is 12.2. The third-order valence-electron chi connectivity index (χ3n) is 4.07. The third-order valence-corrected chi connectivity index (χ3v) is 4.07. The van der Waals surface area contributed by atoms with Crippen molar-refractivity contribution < 1.29 is 0 Å². The van der Waals surface area contributed by atoms with Crippen LogP contribution in [0.4, 0.5) is 0 Å². The van der Waals surface area contributed by atoms with Gasteiger partial charge in [-0.05, 0) is 56.1 Å². The summed E-state index contributed by atoms with van der Waals surface area (Å²) >= 11 is 0. The third kappa shape index (κ3) is 4.06. The van der Waals surface area contributed by atoms with E-state index in [0.717, 1.165) is 18.4 Å². The van der Waals surface area contributed by atoms with Crippen LogP contribution in [0.1, 0.15) is 47.0 Å². The quantitative estimate of drug-likeness (QED) is 0.781. The Labute approximate surface area is 102 Å². The smallest absolute Gasteiger partial charge is 0.00354 e. The summed E-state index contributed by atoms with van der Waals surface area (Å²) in [4.78, 5) is 2.65. The molecule has 0 spiro atoms. The van der Waals surface area contributed by atoms with Crippen LogP contribution in [-0.4, -0.2) is 31.1 Å². The molecule has 1 heterocycles. The number of nitrogens with zero attached hydrogens (tertiary/aromatic N) is 1. The summed E-state index contributed by atoms with van der Waals surface area (Å²) < 4.78 is 0. The highest BCUT2D eigenvalue weighted by Crippen LogP contribution is 2.36. The summed E-state index contributed by atoms with van der Waals surface area (Å²) in [5.74, 6) is 1.65. The fourth-order valence-corrected chi connectivity index (χ4v) is 2.88. The zero-order valence-corrected chi connectivity index (χ0v) is 11.6. The van der Waals surface area contributed by atoms with E-state index < -0.39 is 0 Å². The molecule has 0 radical (unpaired) electrons. The molecule has 0 saturated carbocycles. The molecule has 0 aliphatic carbocycles. The molecule has 1 aliphatic rings. The Hall–Kier alpha value is -0.0800. The first kappa shape index (κ1) is 14.0. The van der Waals surface area contributed by atoms with Crippen LogP contribution in [0.2, 0.25) is 0 Å². The molecule has 0 aromatic carbocycles. The van der Waals surface area contributed by atoms with Gasteiger partial charge in [0.1, 0.15) is 0 Å². The zero-order valence-electron chi connectivity index (χ0n) is 11.6. The van der Waals surface area contributed by atoms with E-state index in [1.807, 2.05) is 0 Å². The van der Waals surface area contributed by atoms with Crippen LogP contribution in [0.25, 0.3) is 0 Å². The predicted molar refractivity (Wildman–Crippen MR) is 71.5 cm³/mol. The van der Waals surface area contributed by atoms with Crippen molar-refractivity contribution in [3.05, 3.63) is 0 Å². The Bertz CT molecular complexity index is 199. The van der Waals surface area contributed by atoms with Crippen LogP contribution >= 0.6 is 0 Å². The molecule has 2 heteroatoms. The summed E-state index contributed by atoms with van der Waals surface area (Å²) in [6.07, 6.45) is 3.87. The molecule has 1 aliphatic heterocycles. The van der Waals surface area contributed by atoms with E-state index in [-0.39, 0.29) is 0 Å². The molecule has 0 amide bonds. The summed E-state index contributed by atoms with van der Waals surface area (Å²) in [6, 6.07) is 0. The molecular weight excluding hydrogens is 196 g/mol. The first-order valence-electron chi connectivity index (χ1n) is 6.88. The van der Waals surface area contributed by atoms with Gasteiger partial charge in [-0.1, -0.05) is 27.7 Å². The molecule has 0 aromatic rings. The summed E-state index contributed by atoms with van der Waals surface area (Å²) in [5, 5.41) is 0. The molecule has 0 bridgehead atoms. The average molecular weight is 226 g/mol. The lowest BCUT2D eigenvalue weighted by Crippen LogP contribution is -2.46. The van der Waals surface area contributed by atoms with E-state index in [2.05, 4.69) is 32.6 Å². The fourth-order valence-electron chi connectivity index (χ4n) is 2.88. The molecule has 0 aromatic heterocycles. The van der Waals surface area contributed by atoms with Gasteiger partial charge in [0.2, 0.25) is 0 Å². The van der Waals surface area contributed by atoms with E-state index in [9.17, 15) is 0 Å². The molecule has 1 atom stereocenters. The van der Waals surface area contributed by atoms with Crippen LogP contribution in [0, 0.1) is 17.3 Å². The second kappa shape index (κ2) is 6.02. The highest BCUT2D eigenvalue weighted by Gasteiger charge is 2.34. The minimum Gasteiger partial charge on any atom is -0.330 e. The predicted octanol–water partition coefficient (Wildman–Crippen LogP) is 2.73. The van der Waals surface area contributed by atoms with Crippen LogP contribution in [0.5, 0.6) is 0 Å². The van der Waals surface area contributed by atoms with Crippen LogP contribution in [-0.2, 0) is 0 Å². The number of nitrogens with two attached hydrogens (primary N) is 1. The fraction of sp³-hybridized carbons (Fsp3) is 1.00. The molecule has 16 heavy (non-hydrogen) atoms. The number of likely N-dealkylation sites (tertiary alicyclic amines) is 1. The van der Waals surface area contributed by atoms with Gasteiger partial charge in [0.25, 0.3) is 0 Å². The van der Waals surface area contributed by atoms with E-state index in [1.54, 1.807) is 0 Å². The van der Waals surface area contributed by atoms with Gasteiger partial charge in [0, 0.05) is 6.54 Å². The van der Waals surface area contributed by atoms with Crippen molar-refractivity contribution in [2.45, 2.75) is 47.0 Å². The van der Waals surface area contributed by atoms with Gasteiger partial charge in [0.15, 0.2) is 0 Å². The SMILES string of the molecule is CC(C)CCN1CCC(CCN)C(C)(C)C1. The average Bonchev–Trinajstić information content (AvgIpc) is 2.18. The highest BCUT2D eigenvalue weighted by atomic mass is 15.1. The van der Waals surface area contributed by atoms with Crippen molar-refractivity contribution in [1.29, 1.82) is 0 Å². The van der Waals surface area contributed by atoms with E-state index in [1.165, 1.54) is 38.9 Å². The lowest BCUT2D eigenvalue weighted by molar-refractivity contribution is 0.0492. The van der Waals surface area contributed by atoms with Gasteiger partial charge in [-0.2, -0.15) is 0 Å². The van der Waals surface area contributed by atoms with E-state index in [4.69, 9.17) is 5.73 Å². The monoisotopic (exact) mass is 226 g/mol. The van der Waals surface area contributed by atoms with E-state index in [0.29, 0.717) is 5.41 Å². The number of hydrogen-bond acceptors (Lipinski definition) is 2. The van der Waals surface area contributed by atoms with Crippen molar-refractivity contribution in [3.8, 4) is 0 Å². The van der Waals surface area contributed by atoms with Gasteiger partial charge in [0.05, 0.1) is 0 Å². The van der Waals surface area contributed by atoms with E-state index >= 15 is 0 Å². The molecule has 96 valence electrons. The minimum atomic E-state index is 0.453. The highest BCUT2D eigenvalue weighted by molar-refractivity contribution is 4.87. The lowest BCUT2D eigenvalue weighted by atomic mass is 9.72. The van der Waals surface area contributed by atoms with Crippen molar-refractivity contribution in [2.24, 2.45) is 23.0 Å². The van der Waals surface area contributed by atoms with Crippen molar-refractivity contribution in [1.82, 2.24) is 4.90 Å². The maximum absolute atomic E-state index is 5.70. The minimum absolute atomic E-state index is 0.453. The van der Waals surface area contributed by atoms with Gasteiger partial charge >= 0.3 is 0 Å². The van der Waals surface area contributed by atoms with Crippen LogP contribution < -0.4 is 5.73 Å². The van der Waals surface area contributed by atoms with Crippen molar-refractivity contribution in [2.75, 3.05) is 26.2 Å². The molecule has 1 unspecified atom stereocenters. The molecule has 2 N–H and O–H groups in total. The molecule has 1 rings (SSSR count). The maximum atomic E-state index is 5.70. The molecular formula is C14H30N2. The Balaban J connectivity index is 2.40. The summed E-state index contributed by atoms with van der Waals surface area (Å²) in [7, 11) is 0. The second-order valence-corrected chi connectivity index (χ2v) is 6.51. The topological polar surface area (TPSA) is 29.3 Å². The number of hydrogen-bond donors (Lipinski definition) is 1. The Morgan fingerprint density at radius 2 is 2.06 bits per heavy atom. The normalized spacial score (nSPS) is 26.2. The Kier molecular flexibility index (Phi) is 5.26. The van der Waals surface area contributed by atoms with Gasteiger partial charge in [-0.15, -0.1) is 0 Å². The standard InChI is InChI=1S/C14H30N2/c1-12(2)6-9-16-10-7-13(5-8-15)14(3,4)11-16/h12-13H,5-11,15H2,1-4H3. The second-order valence-electron chi connectivity index (χ2n) is 6.51. The number of piperidine rings is 1. The first-order chi connectivity index (χ1) is 7.45. The van der Waals surface area contributed by atoms with Crippen molar-refractivity contribution in [3.63, 3.8) is 0 Å². The van der Waals surface area contributed by atoms with Gasteiger partial charge in [-0.25, -0.2) is 0 Å². The summed E-state index contributed by atoms with van der Waals surface area (Å²) in [6.45, 7) is 14.1. The maximum Gasteiger partial charge on any atom is 0.00354 e. The lowest BCUT2D eigenvalue weighted by Gasteiger charge is -2.44. The van der Waals surface area contributed by atoms with Crippen LogP contribution in [0.3, 0.4) is 0 Å². The largest absolute Gasteiger partial charge is 0.330 e. The molecule has 2 nitrogen and oxygen atoms in total. The van der Waals surface area contributed by atoms with Gasteiger partial charge < -0.3 is 10.6 Å². The molecule has 1 saturated heterocycles. The Morgan fingerprint density at radius 1 is 1.38 bits per heavy atom. The first-order valence-corrected chi connectivity index (χ1v) is 6.88. The number of rotatable bonds is 5. The van der Waals surface area contributed by atoms with Crippen molar-refractivity contribution >= 4 is 0 Å². The molecule has 1 fully saturated rings.